The van der Waals surface area contributed by atoms with Crippen LogP contribution in [0.2, 0.25) is 0 Å². The van der Waals surface area contributed by atoms with Crippen LogP contribution in [0.3, 0.4) is 0 Å². The number of aliphatic hydroxyl groups excluding tert-OH is 2. The molecular weight excluding hydrogens is 236 g/mol. The predicted octanol–water partition coefficient (Wildman–Crippen LogP) is 2.68. The van der Waals surface area contributed by atoms with Gasteiger partial charge >= 0.3 is 0 Å². The lowest BCUT2D eigenvalue weighted by molar-refractivity contribution is 0.0470. The molecule has 0 aromatic heterocycles. The molecular formula is C17H14O2. The van der Waals surface area contributed by atoms with Crippen molar-refractivity contribution in [2.75, 3.05) is 0 Å². The number of hydrogen-bond acceptors (Lipinski definition) is 2. The van der Waals surface area contributed by atoms with Crippen LogP contribution in [-0.4, -0.2) is 16.3 Å². The van der Waals surface area contributed by atoms with E-state index in [1.807, 2.05) is 18.2 Å². The summed E-state index contributed by atoms with van der Waals surface area (Å²) >= 11 is 0. The minimum Gasteiger partial charge on any atom is -0.386 e. The number of rotatable bonds is 0. The molecule has 0 amide bonds. The number of fused-ring (bicyclic) bond motifs is 5. The van der Waals surface area contributed by atoms with Crippen molar-refractivity contribution in [1.29, 1.82) is 0 Å². The monoisotopic (exact) mass is 250 g/mol. The van der Waals surface area contributed by atoms with E-state index >= 15 is 0 Å². The van der Waals surface area contributed by atoms with Gasteiger partial charge in [0.2, 0.25) is 0 Å². The van der Waals surface area contributed by atoms with Crippen molar-refractivity contribution >= 4 is 6.08 Å². The summed E-state index contributed by atoms with van der Waals surface area (Å²) in [6.07, 6.45) is 2.94. The molecule has 0 bridgehead atoms. The van der Waals surface area contributed by atoms with E-state index in [9.17, 15) is 10.2 Å². The Morgan fingerprint density at radius 2 is 1.79 bits per heavy atom. The largest absolute Gasteiger partial charge is 0.386 e. The summed E-state index contributed by atoms with van der Waals surface area (Å²) in [5.74, 6) is 0. The van der Waals surface area contributed by atoms with Crippen molar-refractivity contribution in [3.63, 3.8) is 0 Å². The second kappa shape index (κ2) is 3.80. The van der Waals surface area contributed by atoms with Crippen LogP contribution in [0.4, 0.5) is 0 Å². The summed E-state index contributed by atoms with van der Waals surface area (Å²) in [5.41, 5.74) is 6.98. The van der Waals surface area contributed by atoms with Gasteiger partial charge in [-0.15, -0.1) is 0 Å². The van der Waals surface area contributed by atoms with E-state index in [2.05, 4.69) is 24.3 Å². The van der Waals surface area contributed by atoms with Gasteiger partial charge in [0.15, 0.2) is 0 Å². The van der Waals surface area contributed by atoms with E-state index in [1.54, 1.807) is 6.08 Å². The second-order valence-electron chi connectivity index (χ2n) is 5.23. The molecule has 2 aliphatic carbocycles. The van der Waals surface area contributed by atoms with Crippen molar-refractivity contribution < 1.29 is 10.2 Å². The van der Waals surface area contributed by atoms with Crippen molar-refractivity contribution in [1.82, 2.24) is 0 Å². The fourth-order valence-electron chi connectivity index (χ4n) is 3.19. The van der Waals surface area contributed by atoms with Gasteiger partial charge in [-0.1, -0.05) is 48.6 Å². The Kier molecular flexibility index (Phi) is 2.19. The van der Waals surface area contributed by atoms with E-state index in [4.69, 9.17) is 0 Å². The first-order valence-electron chi connectivity index (χ1n) is 6.54. The molecule has 0 fully saturated rings. The summed E-state index contributed by atoms with van der Waals surface area (Å²) in [7, 11) is 0. The summed E-state index contributed by atoms with van der Waals surface area (Å²) < 4.78 is 0. The Bertz CT molecular complexity index is 700. The highest BCUT2D eigenvalue weighted by Crippen LogP contribution is 2.43. The quantitative estimate of drug-likeness (QED) is 0.644. The molecule has 94 valence electrons. The standard InChI is InChI=1S/C17H14O2/c18-15-8-7-13-14(17(15)19)6-5-11-9-10-3-1-2-4-12(10)16(11)13/h1-8,15,17-19H,9H2. The Morgan fingerprint density at radius 1 is 0.947 bits per heavy atom. The molecule has 0 saturated carbocycles. The maximum Gasteiger partial charge on any atom is 0.109 e. The summed E-state index contributed by atoms with van der Waals surface area (Å²) in [6.45, 7) is 0. The molecule has 0 aliphatic heterocycles. The van der Waals surface area contributed by atoms with Gasteiger partial charge in [0.1, 0.15) is 12.2 Å². The van der Waals surface area contributed by atoms with E-state index in [0.29, 0.717) is 0 Å². The second-order valence-corrected chi connectivity index (χ2v) is 5.23. The van der Waals surface area contributed by atoms with E-state index in [1.165, 1.54) is 22.3 Å². The smallest absolute Gasteiger partial charge is 0.109 e. The third kappa shape index (κ3) is 1.44. The van der Waals surface area contributed by atoms with Crippen LogP contribution in [0.5, 0.6) is 0 Å². The molecule has 2 unspecified atom stereocenters. The molecule has 2 N–H and O–H groups in total. The van der Waals surface area contributed by atoms with E-state index in [0.717, 1.165) is 17.5 Å². The minimum absolute atomic E-state index is 0.804. The highest BCUT2D eigenvalue weighted by atomic mass is 16.3. The Balaban J connectivity index is 2.01. The molecule has 2 aromatic carbocycles. The van der Waals surface area contributed by atoms with E-state index < -0.39 is 12.2 Å². The Hall–Kier alpha value is -1.90. The highest BCUT2D eigenvalue weighted by Gasteiger charge is 2.28. The lowest BCUT2D eigenvalue weighted by atomic mass is 9.87. The molecule has 19 heavy (non-hydrogen) atoms. The van der Waals surface area contributed by atoms with Gasteiger partial charge in [0, 0.05) is 0 Å². The highest BCUT2D eigenvalue weighted by molar-refractivity contribution is 5.86. The number of hydrogen-bond donors (Lipinski definition) is 2. The molecule has 2 aromatic rings. The fourth-order valence-corrected chi connectivity index (χ4v) is 3.19. The number of aliphatic hydroxyl groups is 2. The zero-order valence-electron chi connectivity index (χ0n) is 10.4. The van der Waals surface area contributed by atoms with Crippen LogP contribution in [0, 0.1) is 0 Å². The fraction of sp³-hybridized carbons (Fsp3) is 0.176. The van der Waals surface area contributed by atoms with Gasteiger partial charge in [0.05, 0.1) is 0 Å². The molecule has 4 rings (SSSR count). The van der Waals surface area contributed by atoms with Crippen LogP contribution >= 0.6 is 0 Å². The van der Waals surface area contributed by atoms with Crippen LogP contribution in [0.25, 0.3) is 17.2 Å². The summed E-state index contributed by atoms with van der Waals surface area (Å²) in [4.78, 5) is 0. The van der Waals surface area contributed by atoms with Crippen molar-refractivity contribution in [2.24, 2.45) is 0 Å². The van der Waals surface area contributed by atoms with Gasteiger partial charge in [0.25, 0.3) is 0 Å². The number of benzene rings is 2. The van der Waals surface area contributed by atoms with Gasteiger partial charge in [-0.25, -0.2) is 0 Å². The summed E-state index contributed by atoms with van der Waals surface area (Å²) in [5, 5.41) is 19.8. The predicted molar refractivity (Wildman–Crippen MR) is 74.7 cm³/mol. The van der Waals surface area contributed by atoms with Crippen molar-refractivity contribution in [3.8, 4) is 11.1 Å². The van der Waals surface area contributed by atoms with Gasteiger partial charge in [-0.3, -0.25) is 0 Å². The van der Waals surface area contributed by atoms with Crippen molar-refractivity contribution in [3.05, 3.63) is 64.7 Å². The van der Waals surface area contributed by atoms with Crippen LogP contribution in [-0.2, 0) is 6.42 Å². The molecule has 0 heterocycles. The SMILES string of the molecule is OC1C=Cc2c(ccc3c2-c2ccccc2C3)C1O. The van der Waals surface area contributed by atoms with Crippen LogP contribution < -0.4 is 0 Å². The van der Waals surface area contributed by atoms with Gasteiger partial charge < -0.3 is 10.2 Å². The maximum absolute atomic E-state index is 10.1. The minimum atomic E-state index is -0.821. The molecule has 2 nitrogen and oxygen atoms in total. The normalized spacial score (nSPS) is 22.8. The molecule has 2 aliphatic rings. The first-order valence-corrected chi connectivity index (χ1v) is 6.54. The topological polar surface area (TPSA) is 40.5 Å². The molecule has 0 radical (unpaired) electrons. The summed E-state index contributed by atoms with van der Waals surface area (Å²) in [6, 6.07) is 12.4. The van der Waals surface area contributed by atoms with Crippen molar-refractivity contribution in [2.45, 2.75) is 18.6 Å². The third-order valence-electron chi connectivity index (χ3n) is 4.14. The van der Waals surface area contributed by atoms with E-state index in [-0.39, 0.29) is 0 Å². The van der Waals surface area contributed by atoms with Crippen LogP contribution in [0.15, 0.2) is 42.5 Å². The molecule has 2 heteroatoms. The lowest BCUT2D eigenvalue weighted by Gasteiger charge is -2.24. The zero-order chi connectivity index (χ0) is 13.0. The molecule has 2 atom stereocenters. The van der Waals surface area contributed by atoms with Gasteiger partial charge in [-0.2, -0.15) is 0 Å². The Labute approximate surface area is 111 Å². The third-order valence-corrected chi connectivity index (χ3v) is 4.14. The first-order chi connectivity index (χ1) is 9.25. The average Bonchev–Trinajstić information content (AvgIpc) is 2.81. The first kappa shape index (κ1) is 11.0. The molecule has 0 saturated heterocycles. The zero-order valence-corrected chi connectivity index (χ0v) is 10.4. The van der Waals surface area contributed by atoms with Gasteiger partial charge in [-0.05, 0) is 39.8 Å². The van der Waals surface area contributed by atoms with Crippen LogP contribution in [0.1, 0.15) is 28.4 Å². The Morgan fingerprint density at radius 3 is 2.68 bits per heavy atom. The maximum atomic E-state index is 10.1. The average molecular weight is 250 g/mol. The molecule has 0 spiro atoms. The lowest BCUT2D eigenvalue weighted by Crippen LogP contribution is -2.19.